The summed E-state index contributed by atoms with van der Waals surface area (Å²) < 4.78 is 24.3. The number of benzene rings is 1. The summed E-state index contributed by atoms with van der Waals surface area (Å²) in [5.41, 5.74) is 1.02. The lowest BCUT2D eigenvalue weighted by molar-refractivity contribution is -0.119. The third-order valence-electron chi connectivity index (χ3n) is 3.44. The van der Waals surface area contributed by atoms with E-state index in [4.69, 9.17) is 0 Å². The van der Waals surface area contributed by atoms with Gasteiger partial charge in [0.2, 0.25) is 10.0 Å². The van der Waals surface area contributed by atoms with Crippen LogP contribution in [0.1, 0.15) is 5.56 Å². The first kappa shape index (κ1) is 15.2. The van der Waals surface area contributed by atoms with Crippen LogP contribution >= 0.6 is 0 Å². The van der Waals surface area contributed by atoms with Crippen molar-refractivity contribution in [2.24, 2.45) is 0 Å². The van der Waals surface area contributed by atoms with Crippen LogP contribution in [-0.4, -0.2) is 62.4 Å². The summed E-state index contributed by atoms with van der Waals surface area (Å²) in [5.74, 6) is 0.170. The SMILES string of the molecule is CS(=O)(=O)N1CCN(CC(=O)Cc2ccccc2)CC1. The molecule has 1 aliphatic heterocycles. The number of ketones is 1. The van der Waals surface area contributed by atoms with E-state index in [0.717, 1.165) is 5.56 Å². The number of sulfonamides is 1. The Kier molecular flexibility index (Phi) is 4.91. The van der Waals surface area contributed by atoms with E-state index in [1.807, 2.05) is 35.2 Å². The molecule has 110 valence electrons. The number of carbonyl (C=O) groups excluding carboxylic acids is 1. The number of hydrogen-bond acceptors (Lipinski definition) is 4. The third kappa shape index (κ3) is 4.40. The van der Waals surface area contributed by atoms with Gasteiger partial charge in [-0.25, -0.2) is 8.42 Å². The van der Waals surface area contributed by atoms with E-state index in [2.05, 4.69) is 0 Å². The monoisotopic (exact) mass is 296 g/mol. The molecule has 0 N–H and O–H groups in total. The number of rotatable bonds is 5. The molecule has 1 heterocycles. The van der Waals surface area contributed by atoms with Gasteiger partial charge in [0.05, 0.1) is 12.8 Å². The second-order valence-electron chi connectivity index (χ2n) is 5.14. The molecule has 1 aromatic carbocycles. The van der Waals surface area contributed by atoms with Crippen molar-refractivity contribution in [3.8, 4) is 0 Å². The topological polar surface area (TPSA) is 57.7 Å². The van der Waals surface area contributed by atoms with Crippen LogP contribution in [0, 0.1) is 0 Å². The molecule has 0 aromatic heterocycles. The Morgan fingerprint density at radius 2 is 1.70 bits per heavy atom. The molecule has 0 aliphatic carbocycles. The van der Waals surface area contributed by atoms with Gasteiger partial charge in [-0.15, -0.1) is 0 Å². The maximum absolute atomic E-state index is 12.0. The average Bonchev–Trinajstić information content (AvgIpc) is 2.39. The number of carbonyl (C=O) groups is 1. The molecule has 1 aliphatic rings. The molecular weight excluding hydrogens is 276 g/mol. The van der Waals surface area contributed by atoms with E-state index in [0.29, 0.717) is 39.1 Å². The predicted octanol–water partition coefficient (Wildman–Crippen LogP) is 0.375. The predicted molar refractivity (Wildman–Crippen MR) is 78.0 cm³/mol. The van der Waals surface area contributed by atoms with Crippen molar-refractivity contribution in [3.63, 3.8) is 0 Å². The maximum atomic E-state index is 12.0. The zero-order valence-electron chi connectivity index (χ0n) is 11.7. The van der Waals surface area contributed by atoms with Crippen molar-refractivity contribution in [2.75, 3.05) is 39.0 Å². The van der Waals surface area contributed by atoms with Crippen molar-refractivity contribution >= 4 is 15.8 Å². The molecule has 2 rings (SSSR count). The van der Waals surface area contributed by atoms with E-state index < -0.39 is 10.0 Å². The Morgan fingerprint density at radius 1 is 1.10 bits per heavy atom. The highest BCUT2D eigenvalue weighted by Gasteiger charge is 2.24. The summed E-state index contributed by atoms with van der Waals surface area (Å²) in [6.07, 6.45) is 1.66. The van der Waals surface area contributed by atoms with Gasteiger partial charge < -0.3 is 0 Å². The molecule has 0 radical (unpaired) electrons. The molecule has 5 nitrogen and oxygen atoms in total. The van der Waals surface area contributed by atoms with Crippen molar-refractivity contribution in [1.29, 1.82) is 0 Å². The minimum absolute atomic E-state index is 0.170. The molecule has 0 atom stereocenters. The molecule has 0 spiro atoms. The molecular formula is C14H20N2O3S. The molecule has 0 unspecified atom stereocenters. The molecule has 1 fully saturated rings. The van der Waals surface area contributed by atoms with E-state index in [1.165, 1.54) is 10.6 Å². The molecule has 1 saturated heterocycles. The van der Waals surface area contributed by atoms with Crippen molar-refractivity contribution in [3.05, 3.63) is 35.9 Å². The highest BCUT2D eigenvalue weighted by molar-refractivity contribution is 7.88. The van der Waals surface area contributed by atoms with Gasteiger partial charge in [0, 0.05) is 32.6 Å². The Balaban J connectivity index is 1.79. The van der Waals surface area contributed by atoms with Gasteiger partial charge in [0.1, 0.15) is 0 Å². The van der Waals surface area contributed by atoms with Gasteiger partial charge in [-0.1, -0.05) is 30.3 Å². The Morgan fingerprint density at radius 3 is 2.25 bits per heavy atom. The summed E-state index contributed by atoms with van der Waals surface area (Å²) in [4.78, 5) is 14.0. The summed E-state index contributed by atoms with van der Waals surface area (Å²) in [7, 11) is -3.10. The average molecular weight is 296 g/mol. The van der Waals surface area contributed by atoms with Crippen LogP contribution in [0.15, 0.2) is 30.3 Å². The van der Waals surface area contributed by atoms with E-state index in [1.54, 1.807) is 0 Å². The zero-order valence-corrected chi connectivity index (χ0v) is 12.5. The van der Waals surface area contributed by atoms with E-state index in [-0.39, 0.29) is 5.78 Å². The van der Waals surface area contributed by atoms with Crippen LogP contribution < -0.4 is 0 Å². The van der Waals surface area contributed by atoms with Gasteiger partial charge in [-0.2, -0.15) is 4.31 Å². The van der Waals surface area contributed by atoms with Crippen LogP contribution in [0.4, 0.5) is 0 Å². The highest BCUT2D eigenvalue weighted by atomic mass is 32.2. The summed E-state index contributed by atoms with van der Waals surface area (Å²) in [5, 5.41) is 0. The van der Waals surface area contributed by atoms with Gasteiger partial charge in [-0.05, 0) is 5.56 Å². The zero-order chi connectivity index (χ0) is 14.6. The van der Waals surface area contributed by atoms with Gasteiger partial charge >= 0.3 is 0 Å². The molecule has 20 heavy (non-hydrogen) atoms. The highest BCUT2D eigenvalue weighted by Crippen LogP contribution is 2.07. The number of Topliss-reactive ketones (excluding diaryl/α,β-unsaturated/α-hetero) is 1. The Bertz CT molecular complexity index is 549. The molecule has 1 aromatic rings. The molecule has 6 heteroatoms. The third-order valence-corrected chi connectivity index (χ3v) is 4.75. The van der Waals surface area contributed by atoms with Gasteiger partial charge in [0.25, 0.3) is 0 Å². The smallest absolute Gasteiger partial charge is 0.211 e. The fourth-order valence-electron chi connectivity index (χ4n) is 2.35. The van der Waals surface area contributed by atoms with E-state index in [9.17, 15) is 13.2 Å². The maximum Gasteiger partial charge on any atom is 0.211 e. The van der Waals surface area contributed by atoms with Crippen LogP contribution in [0.2, 0.25) is 0 Å². The van der Waals surface area contributed by atoms with E-state index >= 15 is 0 Å². The standard InChI is InChI=1S/C14H20N2O3S/c1-20(18,19)16-9-7-15(8-10-16)12-14(17)11-13-5-3-2-4-6-13/h2-6H,7-12H2,1H3. The molecule has 0 amide bonds. The lowest BCUT2D eigenvalue weighted by atomic mass is 10.1. The lowest BCUT2D eigenvalue weighted by Crippen LogP contribution is -2.49. The molecule has 0 saturated carbocycles. The first-order valence-electron chi connectivity index (χ1n) is 6.68. The van der Waals surface area contributed by atoms with Crippen LogP contribution in [0.3, 0.4) is 0 Å². The van der Waals surface area contributed by atoms with Crippen LogP contribution in [0.5, 0.6) is 0 Å². The second kappa shape index (κ2) is 6.47. The largest absolute Gasteiger partial charge is 0.298 e. The molecule has 0 bridgehead atoms. The fourth-order valence-corrected chi connectivity index (χ4v) is 3.17. The normalized spacial score (nSPS) is 18.1. The second-order valence-corrected chi connectivity index (χ2v) is 7.12. The summed E-state index contributed by atoms with van der Waals surface area (Å²) >= 11 is 0. The number of nitrogens with zero attached hydrogens (tertiary/aromatic N) is 2. The fraction of sp³-hybridized carbons (Fsp3) is 0.500. The summed E-state index contributed by atoms with van der Waals surface area (Å²) in [6.45, 7) is 2.57. The Hall–Kier alpha value is -1.24. The van der Waals surface area contributed by atoms with Crippen LogP contribution in [-0.2, 0) is 21.2 Å². The van der Waals surface area contributed by atoms with Crippen molar-refractivity contribution < 1.29 is 13.2 Å². The van der Waals surface area contributed by atoms with Crippen LogP contribution in [0.25, 0.3) is 0 Å². The number of hydrogen-bond donors (Lipinski definition) is 0. The first-order chi connectivity index (χ1) is 9.45. The first-order valence-corrected chi connectivity index (χ1v) is 8.53. The lowest BCUT2D eigenvalue weighted by Gasteiger charge is -2.32. The quantitative estimate of drug-likeness (QED) is 0.788. The number of piperazine rings is 1. The van der Waals surface area contributed by atoms with Gasteiger partial charge in [-0.3, -0.25) is 9.69 Å². The van der Waals surface area contributed by atoms with Crippen molar-refractivity contribution in [1.82, 2.24) is 9.21 Å². The van der Waals surface area contributed by atoms with Gasteiger partial charge in [0.15, 0.2) is 5.78 Å². The summed E-state index contributed by atoms with van der Waals surface area (Å²) in [6, 6.07) is 9.67. The minimum atomic E-state index is -3.10. The van der Waals surface area contributed by atoms with Crippen molar-refractivity contribution in [2.45, 2.75) is 6.42 Å². The Labute approximate surface area is 120 Å². The minimum Gasteiger partial charge on any atom is -0.298 e.